The first kappa shape index (κ1) is 24.3. The van der Waals surface area contributed by atoms with Crippen LogP contribution in [0, 0.1) is 0 Å². The Bertz CT molecular complexity index is 1240. The second-order valence-corrected chi connectivity index (χ2v) is 7.80. The lowest BCUT2D eigenvalue weighted by molar-refractivity contribution is -0.274. The van der Waals surface area contributed by atoms with E-state index >= 15 is 0 Å². The molecule has 1 N–H and O–H groups in total. The number of imide groups is 1. The molecule has 0 saturated heterocycles. The minimum absolute atomic E-state index is 0.0741. The molecule has 0 radical (unpaired) electrons. The van der Waals surface area contributed by atoms with Gasteiger partial charge in [-0.2, -0.15) is 15.0 Å². The number of alkyl halides is 3. The maximum atomic E-state index is 13.2. The van der Waals surface area contributed by atoms with E-state index in [1.54, 1.807) is 6.07 Å². The molecular formula is C21H15ClF3N3O7. The van der Waals surface area contributed by atoms with E-state index < -0.39 is 42.5 Å². The number of nitrogens with zero attached hydrogens (tertiary/aromatic N) is 3. The number of amides is 3. The minimum Gasteiger partial charge on any atom is -0.479 e. The average molecular weight is 514 g/mol. The van der Waals surface area contributed by atoms with Gasteiger partial charge in [0.1, 0.15) is 18.2 Å². The van der Waals surface area contributed by atoms with Crippen LogP contribution in [0.5, 0.6) is 5.75 Å². The predicted molar refractivity (Wildman–Crippen MR) is 113 cm³/mol. The molecule has 0 bridgehead atoms. The lowest BCUT2D eigenvalue weighted by atomic mass is 9.98. The van der Waals surface area contributed by atoms with E-state index in [2.05, 4.69) is 14.6 Å². The molecule has 0 aromatic heterocycles. The standard InChI is InChI=1S/C21H15ClF3N3O7/c1-33-19(32)28(13-3-5-14(6-4-13)35-21(23,24)25)18(31)27-10-34-20(17(29)30)9-11-8-12(22)2-7-15(11)16(20)26-27/h2-8H,9-10H2,1H3,(H,29,30). The summed E-state index contributed by atoms with van der Waals surface area (Å²) in [7, 11) is 0.995. The van der Waals surface area contributed by atoms with Crippen molar-refractivity contribution in [2.75, 3.05) is 18.7 Å². The number of methoxy groups -OCH3 is 1. The van der Waals surface area contributed by atoms with Crippen LogP contribution in [0.4, 0.5) is 28.4 Å². The number of benzene rings is 2. The SMILES string of the molecule is COC(=O)N(C(=O)N1COC2(C(=O)O)Cc3cc(Cl)ccc3C2=N1)c1ccc(OC(F)(F)F)cc1. The number of rotatable bonds is 3. The van der Waals surface area contributed by atoms with E-state index in [-0.39, 0.29) is 17.8 Å². The van der Waals surface area contributed by atoms with Crippen molar-refractivity contribution < 1.29 is 46.9 Å². The minimum atomic E-state index is -4.93. The van der Waals surface area contributed by atoms with Gasteiger partial charge in [0, 0.05) is 17.0 Å². The number of fused-ring (bicyclic) bond motifs is 3. The highest BCUT2D eigenvalue weighted by Crippen LogP contribution is 2.38. The Labute approximate surface area is 200 Å². The molecule has 1 unspecified atom stereocenters. The number of halogens is 4. The third kappa shape index (κ3) is 4.47. The molecule has 35 heavy (non-hydrogen) atoms. The van der Waals surface area contributed by atoms with E-state index in [0.29, 0.717) is 26.1 Å². The zero-order valence-corrected chi connectivity index (χ0v) is 18.5. The highest BCUT2D eigenvalue weighted by atomic mass is 35.5. The zero-order chi connectivity index (χ0) is 25.5. The van der Waals surface area contributed by atoms with Crippen LogP contribution in [-0.2, 0) is 20.7 Å². The quantitative estimate of drug-likeness (QED) is 0.659. The van der Waals surface area contributed by atoms with Crippen molar-refractivity contribution in [2.24, 2.45) is 5.10 Å². The summed E-state index contributed by atoms with van der Waals surface area (Å²) in [6.45, 7) is -0.640. The summed E-state index contributed by atoms with van der Waals surface area (Å²) in [5, 5.41) is 15.1. The van der Waals surface area contributed by atoms with Gasteiger partial charge >= 0.3 is 24.5 Å². The summed E-state index contributed by atoms with van der Waals surface area (Å²) in [5.74, 6) is -1.91. The fourth-order valence-corrected chi connectivity index (χ4v) is 3.91. The highest BCUT2D eigenvalue weighted by Gasteiger charge is 2.54. The van der Waals surface area contributed by atoms with Crippen molar-refractivity contribution in [2.45, 2.75) is 18.4 Å². The molecular weight excluding hydrogens is 499 g/mol. The summed E-state index contributed by atoms with van der Waals surface area (Å²) in [6, 6.07) is 7.38. The largest absolute Gasteiger partial charge is 0.573 e. The van der Waals surface area contributed by atoms with Gasteiger partial charge in [-0.15, -0.1) is 13.2 Å². The van der Waals surface area contributed by atoms with Gasteiger partial charge in [0.15, 0.2) is 0 Å². The van der Waals surface area contributed by atoms with Crippen LogP contribution in [-0.4, -0.2) is 59.7 Å². The third-order valence-electron chi connectivity index (χ3n) is 5.24. The van der Waals surface area contributed by atoms with Gasteiger partial charge in [-0.1, -0.05) is 17.7 Å². The Kier molecular flexibility index (Phi) is 6.07. The number of anilines is 1. The molecule has 3 amide bonds. The van der Waals surface area contributed by atoms with E-state index in [0.717, 1.165) is 31.4 Å². The van der Waals surface area contributed by atoms with Crippen LogP contribution in [0.2, 0.25) is 5.02 Å². The van der Waals surface area contributed by atoms with Crippen molar-refractivity contribution in [3.8, 4) is 5.75 Å². The molecule has 4 rings (SSSR count). The molecule has 0 fully saturated rings. The van der Waals surface area contributed by atoms with Gasteiger partial charge in [-0.3, -0.25) is 0 Å². The summed E-state index contributed by atoms with van der Waals surface area (Å²) in [5.41, 5.74) is -1.16. The van der Waals surface area contributed by atoms with Crippen molar-refractivity contribution in [1.29, 1.82) is 0 Å². The van der Waals surface area contributed by atoms with Crippen LogP contribution >= 0.6 is 11.6 Å². The predicted octanol–water partition coefficient (Wildman–Crippen LogP) is 4.00. The number of carbonyl (C=O) groups is 3. The molecule has 2 aromatic rings. The maximum absolute atomic E-state index is 13.2. The van der Waals surface area contributed by atoms with Gasteiger partial charge in [0.2, 0.25) is 5.60 Å². The van der Waals surface area contributed by atoms with E-state index in [4.69, 9.17) is 16.3 Å². The van der Waals surface area contributed by atoms with Crippen molar-refractivity contribution in [3.05, 3.63) is 58.6 Å². The topological polar surface area (TPSA) is 118 Å². The van der Waals surface area contributed by atoms with Crippen molar-refractivity contribution in [3.63, 3.8) is 0 Å². The summed E-state index contributed by atoms with van der Waals surface area (Å²) in [4.78, 5) is 38.2. The Morgan fingerprint density at radius 2 is 1.89 bits per heavy atom. The van der Waals surface area contributed by atoms with Crippen LogP contribution < -0.4 is 9.64 Å². The van der Waals surface area contributed by atoms with Gasteiger partial charge < -0.3 is 19.3 Å². The molecule has 2 aromatic carbocycles. The fourth-order valence-electron chi connectivity index (χ4n) is 3.72. The number of hydrogen-bond donors (Lipinski definition) is 1. The Balaban J connectivity index is 1.69. The average Bonchev–Trinajstić information content (AvgIpc) is 3.13. The molecule has 1 atom stereocenters. The highest BCUT2D eigenvalue weighted by molar-refractivity contribution is 6.31. The Morgan fingerprint density at radius 3 is 2.49 bits per heavy atom. The molecule has 10 nitrogen and oxygen atoms in total. The number of carbonyl (C=O) groups excluding carboxylic acids is 2. The third-order valence-corrected chi connectivity index (χ3v) is 5.48. The van der Waals surface area contributed by atoms with E-state index in [9.17, 15) is 32.7 Å². The van der Waals surface area contributed by atoms with Crippen molar-refractivity contribution in [1.82, 2.24) is 5.01 Å². The maximum Gasteiger partial charge on any atom is 0.573 e. The molecule has 1 heterocycles. The van der Waals surface area contributed by atoms with Gasteiger partial charge in [-0.25, -0.2) is 14.4 Å². The first-order valence-corrected chi connectivity index (χ1v) is 10.1. The van der Waals surface area contributed by atoms with E-state index in [1.165, 1.54) is 12.1 Å². The number of carboxylic acids is 1. The second kappa shape index (κ2) is 8.74. The molecule has 1 aliphatic heterocycles. The van der Waals surface area contributed by atoms with Crippen LogP contribution in [0.15, 0.2) is 47.6 Å². The molecule has 2 aliphatic rings. The van der Waals surface area contributed by atoms with E-state index in [1.807, 2.05) is 0 Å². The fraction of sp³-hybridized carbons (Fsp3) is 0.238. The number of hydrogen-bond acceptors (Lipinski definition) is 7. The van der Waals surface area contributed by atoms with Crippen LogP contribution in [0.3, 0.4) is 0 Å². The van der Waals surface area contributed by atoms with Crippen molar-refractivity contribution >= 4 is 41.1 Å². The summed E-state index contributed by atoms with van der Waals surface area (Å²) < 4.78 is 51.3. The first-order chi connectivity index (χ1) is 16.4. The number of ether oxygens (including phenoxy) is 3. The monoisotopic (exact) mass is 513 g/mol. The lowest BCUT2D eigenvalue weighted by Crippen LogP contribution is -2.56. The number of hydrazone groups is 1. The summed E-state index contributed by atoms with van der Waals surface area (Å²) in [6.07, 6.45) is -6.19. The van der Waals surface area contributed by atoms with Gasteiger partial charge in [0.05, 0.1) is 12.8 Å². The smallest absolute Gasteiger partial charge is 0.479 e. The molecule has 14 heteroatoms. The number of carboxylic acid groups (broad SMARTS) is 1. The lowest BCUT2D eigenvalue weighted by Gasteiger charge is -2.35. The molecule has 0 saturated carbocycles. The molecule has 1 aliphatic carbocycles. The normalized spacial score (nSPS) is 18.8. The molecule has 184 valence electrons. The Hall–Kier alpha value is -3.84. The molecule has 0 spiro atoms. The van der Waals surface area contributed by atoms with Gasteiger partial charge in [-0.05, 0) is 42.0 Å². The summed E-state index contributed by atoms with van der Waals surface area (Å²) >= 11 is 6.01. The van der Waals surface area contributed by atoms with Gasteiger partial charge in [0.25, 0.3) is 0 Å². The first-order valence-electron chi connectivity index (χ1n) is 9.76. The second-order valence-electron chi connectivity index (χ2n) is 7.36. The Morgan fingerprint density at radius 1 is 1.20 bits per heavy atom. The zero-order valence-electron chi connectivity index (χ0n) is 17.7. The van der Waals surface area contributed by atoms with Crippen LogP contribution in [0.25, 0.3) is 0 Å². The number of urea groups is 1. The number of aliphatic carboxylic acids is 1. The van der Waals surface area contributed by atoms with Crippen LogP contribution in [0.1, 0.15) is 11.1 Å².